The highest BCUT2D eigenvalue weighted by Gasteiger charge is 2.21. The number of aliphatic hydroxyl groups is 1. The fraction of sp³-hybridized carbons (Fsp3) is 0.500. The van der Waals surface area contributed by atoms with Gasteiger partial charge in [-0.25, -0.2) is 0 Å². The Morgan fingerprint density at radius 1 is 1.31 bits per heavy atom. The minimum Gasteiger partial charge on any atom is -0.491 e. The summed E-state index contributed by atoms with van der Waals surface area (Å²) >= 11 is 5.89. The lowest BCUT2D eigenvalue weighted by Crippen LogP contribution is -2.18. The first-order valence-electron chi connectivity index (χ1n) is 5.09. The fourth-order valence-corrected chi connectivity index (χ4v) is 1.51. The van der Waals surface area contributed by atoms with E-state index in [1.165, 1.54) is 0 Å². The Morgan fingerprint density at radius 2 is 2.00 bits per heavy atom. The van der Waals surface area contributed by atoms with E-state index in [9.17, 15) is 5.11 Å². The summed E-state index contributed by atoms with van der Waals surface area (Å²) in [6.45, 7) is 4.35. The highest BCUT2D eigenvalue weighted by atomic mass is 35.5. The van der Waals surface area contributed by atoms with Crippen molar-refractivity contribution < 1.29 is 14.6 Å². The SMILES string of the molecule is COCCOc1ccc(Cl)cc1C(C)(C)O. The second-order valence-electron chi connectivity index (χ2n) is 4.04. The molecular weight excluding hydrogens is 228 g/mol. The quantitative estimate of drug-likeness (QED) is 0.810. The lowest BCUT2D eigenvalue weighted by Gasteiger charge is -2.21. The molecule has 4 heteroatoms. The fourth-order valence-electron chi connectivity index (χ4n) is 1.34. The molecule has 0 aliphatic heterocycles. The molecule has 0 aliphatic rings. The summed E-state index contributed by atoms with van der Waals surface area (Å²) in [7, 11) is 1.61. The zero-order valence-electron chi connectivity index (χ0n) is 9.79. The first-order valence-corrected chi connectivity index (χ1v) is 5.47. The van der Waals surface area contributed by atoms with Crippen LogP contribution in [-0.2, 0) is 10.3 Å². The van der Waals surface area contributed by atoms with Gasteiger partial charge in [-0.2, -0.15) is 0 Å². The summed E-state index contributed by atoms with van der Waals surface area (Å²) in [5.74, 6) is 0.633. The van der Waals surface area contributed by atoms with Gasteiger partial charge in [0.15, 0.2) is 0 Å². The van der Waals surface area contributed by atoms with E-state index in [0.29, 0.717) is 29.5 Å². The Balaban J connectivity index is 2.90. The Hall–Kier alpha value is -0.770. The van der Waals surface area contributed by atoms with Crippen LogP contribution in [0.15, 0.2) is 18.2 Å². The predicted molar refractivity (Wildman–Crippen MR) is 64.1 cm³/mol. The molecule has 1 N–H and O–H groups in total. The van der Waals surface area contributed by atoms with Gasteiger partial charge in [-0.15, -0.1) is 0 Å². The van der Waals surface area contributed by atoms with Crippen LogP contribution < -0.4 is 4.74 Å². The molecule has 90 valence electrons. The first-order chi connectivity index (χ1) is 7.45. The van der Waals surface area contributed by atoms with Crippen molar-refractivity contribution in [2.75, 3.05) is 20.3 Å². The van der Waals surface area contributed by atoms with E-state index >= 15 is 0 Å². The Labute approximate surface area is 101 Å². The van der Waals surface area contributed by atoms with Gasteiger partial charge in [0.1, 0.15) is 12.4 Å². The molecule has 0 bridgehead atoms. The van der Waals surface area contributed by atoms with Gasteiger partial charge < -0.3 is 14.6 Å². The third-order valence-corrected chi connectivity index (χ3v) is 2.38. The standard InChI is InChI=1S/C12H17ClO3/c1-12(2,14)10-8-9(13)4-5-11(10)16-7-6-15-3/h4-5,8,14H,6-7H2,1-3H3. The number of methoxy groups -OCH3 is 1. The van der Waals surface area contributed by atoms with Crippen LogP contribution in [-0.4, -0.2) is 25.4 Å². The number of hydrogen-bond donors (Lipinski definition) is 1. The van der Waals surface area contributed by atoms with Crippen LogP contribution in [0.2, 0.25) is 5.02 Å². The van der Waals surface area contributed by atoms with Crippen molar-refractivity contribution >= 4 is 11.6 Å². The maximum Gasteiger partial charge on any atom is 0.125 e. The van der Waals surface area contributed by atoms with Crippen LogP contribution in [0.5, 0.6) is 5.75 Å². The molecule has 0 fully saturated rings. The molecule has 1 aromatic rings. The molecule has 3 nitrogen and oxygen atoms in total. The molecule has 0 radical (unpaired) electrons. The zero-order valence-corrected chi connectivity index (χ0v) is 10.5. The van der Waals surface area contributed by atoms with Crippen molar-refractivity contribution in [1.29, 1.82) is 0 Å². The van der Waals surface area contributed by atoms with E-state index in [0.717, 1.165) is 0 Å². The molecule has 0 aliphatic carbocycles. The summed E-state index contributed by atoms with van der Waals surface area (Å²) in [6, 6.07) is 5.20. The molecule has 0 atom stereocenters. The molecule has 0 heterocycles. The van der Waals surface area contributed by atoms with E-state index in [2.05, 4.69) is 0 Å². The Morgan fingerprint density at radius 3 is 2.56 bits per heavy atom. The van der Waals surface area contributed by atoms with Crippen LogP contribution >= 0.6 is 11.6 Å². The van der Waals surface area contributed by atoms with Crippen molar-refractivity contribution in [3.05, 3.63) is 28.8 Å². The zero-order chi connectivity index (χ0) is 12.2. The lowest BCUT2D eigenvalue weighted by molar-refractivity contribution is 0.0727. The predicted octanol–water partition coefficient (Wildman–Crippen LogP) is 2.59. The Bertz CT molecular complexity index is 345. The molecule has 0 aromatic heterocycles. The van der Waals surface area contributed by atoms with E-state index in [-0.39, 0.29) is 0 Å². The van der Waals surface area contributed by atoms with E-state index in [1.54, 1.807) is 39.2 Å². The highest BCUT2D eigenvalue weighted by molar-refractivity contribution is 6.30. The molecule has 1 rings (SSSR count). The average molecular weight is 245 g/mol. The van der Waals surface area contributed by atoms with E-state index in [4.69, 9.17) is 21.1 Å². The molecular formula is C12H17ClO3. The van der Waals surface area contributed by atoms with Crippen molar-refractivity contribution in [3.8, 4) is 5.75 Å². The monoisotopic (exact) mass is 244 g/mol. The van der Waals surface area contributed by atoms with Gasteiger partial charge in [-0.1, -0.05) is 11.6 Å². The van der Waals surface area contributed by atoms with Crippen LogP contribution in [0.25, 0.3) is 0 Å². The highest BCUT2D eigenvalue weighted by Crippen LogP contribution is 2.31. The van der Waals surface area contributed by atoms with Crippen LogP contribution in [0.1, 0.15) is 19.4 Å². The van der Waals surface area contributed by atoms with Crippen LogP contribution in [0, 0.1) is 0 Å². The average Bonchev–Trinajstić information content (AvgIpc) is 2.19. The number of benzene rings is 1. The topological polar surface area (TPSA) is 38.7 Å². The van der Waals surface area contributed by atoms with Crippen LogP contribution in [0.4, 0.5) is 0 Å². The van der Waals surface area contributed by atoms with E-state index in [1.807, 2.05) is 0 Å². The smallest absolute Gasteiger partial charge is 0.125 e. The van der Waals surface area contributed by atoms with Crippen molar-refractivity contribution in [2.45, 2.75) is 19.4 Å². The molecule has 0 spiro atoms. The van der Waals surface area contributed by atoms with Gasteiger partial charge >= 0.3 is 0 Å². The molecule has 0 unspecified atom stereocenters. The molecule has 0 saturated heterocycles. The molecule has 0 saturated carbocycles. The molecule has 16 heavy (non-hydrogen) atoms. The van der Waals surface area contributed by atoms with Crippen molar-refractivity contribution in [3.63, 3.8) is 0 Å². The lowest BCUT2D eigenvalue weighted by atomic mass is 9.97. The minimum absolute atomic E-state index is 0.446. The second kappa shape index (κ2) is 5.53. The maximum absolute atomic E-state index is 9.98. The maximum atomic E-state index is 9.98. The summed E-state index contributed by atoms with van der Waals surface area (Å²) in [5.41, 5.74) is -0.302. The largest absolute Gasteiger partial charge is 0.491 e. The summed E-state index contributed by atoms with van der Waals surface area (Å²) in [4.78, 5) is 0. The van der Waals surface area contributed by atoms with Gasteiger partial charge in [0.25, 0.3) is 0 Å². The van der Waals surface area contributed by atoms with E-state index < -0.39 is 5.60 Å². The number of rotatable bonds is 5. The van der Waals surface area contributed by atoms with Gasteiger partial charge in [-0.3, -0.25) is 0 Å². The number of ether oxygens (including phenoxy) is 2. The third-order valence-electron chi connectivity index (χ3n) is 2.15. The normalized spacial score (nSPS) is 11.6. The number of hydrogen-bond acceptors (Lipinski definition) is 3. The van der Waals surface area contributed by atoms with Gasteiger partial charge in [-0.05, 0) is 32.0 Å². The van der Waals surface area contributed by atoms with Gasteiger partial charge in [0.05, 0.1) is 12.2 Å². The van der Waals surface area contributed by atoms with Crippen LogP contribution in [0.3, 0.4) is 0 Å². The Kier molecular flexibility index (Phi) is 4.59. The molecule has 1 aromatic carbocycles. The van der Waals surface area contributed by atoms with Gasteiger partial charge in [0.2, 0.25) is 0 Å². The molecule has 0 amide bonds. The first kappa shape index (κ1) is 13.3. The second-order valence-corrected chi connectivity index (χ2v) is 4.48. The summed E-state index contributed by atoms with van der Waals surface area (Å²) in [5, 5.41) is 10.6. The minimum atomic E-state index is -0.979. The van der Waals surface area contributed by atoms with Gasteiger partial charge in [0, 0.05) is 17.7 Å². The van der Waals surface area contributed by atoms with Crippen molar-refractivity contribution in [1.82, 2.24) is 0 Å². The van der Waals surface area contributed by atoms with Crippen molar-refractivity contribution in [2.24, 2.45) is 0 Å². The third kappa shape index (κ3) is 3.67. The summed E-state index contributed by atoms with van der Waals surface area (Å²) in [6.07, 6.45) is 0. The number of halogens is 1. The summed E-state index contributed by atoms with van der Waals surface area (Å²) < 4.78 is 10.4.